The van der Waals surface area contributed by atoms with Gasteiger partial charge in [0, 0.05) is 6.07 Å². The van der Waals surface area contributed by atoms with Crippen LogP contribution in [-0.2, 0) is 5.54 Å². The molecule has 4 heteroatoms. The molecule has 0 saturated heterocycles. The summed E-state index contributed by atoms with van der Waals surface area (Å²) in [5.74, 6) is 0.248. The molecule has 0 atom stereocenters. The van der Waals surface area contributed by atoms with Gasteiger partial charge >= 0.3 is 0 Å². The highest BCUT2D eigenvalue weighted by atomic mass is 19.1. The van der Waals surface area contributed by atoms with Gasteiger partial charge in [0.1, 0.15) is 11.3 Å². The Balaban J connectivity index is 2.56. The number of fused-ring (bicyclic) bond motifs is 1. The third-order valence-corrected chi connectivity index (χ3v) is 2.51. The Morgan fingerprint density at radius 3 is 2.80 bits per heavy atom. The number of hydrogen-bond donors (Lipinski definition) is 1. The molecular formula is C11H13FN2O. The minimum Gasteiger partial charge on any atom is -0.439 e. The lowest BCUT2D eigenvalue weighted by molar-refractivity contribution is 0.338. The lowest BCUT2D eigenvalue weighted by atomic mass is 10.1. The number of oxazole rings is 1. The lowest BCUT2D eigenvalue weighted by Crippen LogP contribution is -2.33. The van der Waals surface area contributed by atoms with E-state index in [1.54, 1.807) is 6.07 Å². The summed E-state index contributed by atoms with van der Waals surface area (Å²) in [5, 5.41) is 3.08. The summed E-state index contributed by atoms with van der Waals surface area (Å²) in [6, 6.07) is 4.34. The van der Waals surface area contributed by atoms with Crippen LogP contribution in [0.5, 0.6) is 0 Å². The highest BCUT2D eigenvalue weighted by molar-refractivity contribution is 5.72. The fraction of sp³-hybridized carbons (Fsp3) is 0.364. The Kier molecular flexibility index (Phi) is 2.23. The van der Waals surface area contributed by atoms with Crippen LogP contribution in [0.2, 0.25) is 0 Å². The molecule has 0 amide bonds. The molecule has 0 radical (unpaired) electrons. The van der Waals surface area contributed by atoms with Crippen molar-refractivity contribution in [3.05, 3.63) is 29.9 Å². The van der Waals surface area contributed by atoms with Gasteiger partial charge in [-0.05, 0) is 33.0 Å². The average molecular weight is 208 g/mol. The molecule has 0 bridgehead atoms. The number of halogens is 1. The van der Waals surface area contributed by atoms with E-state index in [1.807, 2.05) is 20.9 Å². The van der Waals surface area contributed by atoms with Crippen LogP contribution < -0.4 is 5.32 Å². The maximum absolute atomic E-state index is 12.9. The van der Waals surface area contributed by atoms with Crippen molar-refractivity contribution < 1.29 is 8.81 Å². The van der Waals surface area contributed by atoms with Crippen molar-refractivity contribution in [2.45, 2.75) is 19.4 Å². The number of benzene rings is 1. The van der Waals surface area contributed by atoms with Crippen molar-refractivity contribution in [1.29, 1.82) is 0 Å². The largest absolute Gasteiger partial charge is 0.439 e. The average Bonchev–Trinajstić information content (AvgIpc) is 2.61. The topological polar surface area (TPSA) is 38.1 Å². The Bertz CT molecular complexity index is 490. The zero-order chi connectivity index (χ0) is 11.1. The quantitative estimate of drug-likeness (QED) is 0.823. The minimum absolute atomic E-state index is 0.313. The Hall–Kier alpha value is -1.42. The zero-order valence-electron chi connectivity index (χ0n) is 8.97. The second-order valence-corrected chi connectivity index (χ2v) is 4.01. The zero-order valence-corrected chi connectivity index (χ0v) is 8.97. The number of hydrogen-bond acceptors (Lipinski definition) is 3. The Morgan fingerprint density at radius 1 is 1.40 bits per heavy atom. The highest BCUT2D eigenvalue weighted by Gasteiger charge is 2.24. The summed E-state index contributed by atoms with van der Waals surface area (Å²) in [7, 11) is 1.83. The molecule has 0 unspecified atom stereocenters. The number of rotatable bonds is 2. The van der Waals surface area contributed by atoms with Crippen LogP contribution in [0.15, 0.2) is 22.6 Å². The molecule has 0 spiro atoms. The third-order valence-electron chi connectivity index (χ3n) is 2.51. The second kappa shape index (κ2) is 3.31. The molecular weight excluding hydrogens is 195 g/mol. The van der Waals surface area contributed by atoms with E-state index < -0.39 is 0 Å². The molecule has 3 nitrogen and oxygen atoms in total. The fourth-order valence-corrected chi connectivity index (χ4v) is 1.27. The van der Waals surface area contributed by atoms with Crippen molar-refractivity contribution in [2.24, 2.45) is 0 Å². The third kappa shape index (κ3) is 1.72. The van der Waals surface area contributed by atoms with Crippen LogP contribution in [0.25, 0.3) is 11.1 Å². The van der Waals surface area contributed by atoms with Crippen LogP contribution in [-0.4, -0.2) is 12.0 Å². The summed E-state index contributed by atoms with van der Waals surface area (Å²) in [5.41, 5.74) is 0.804. The standard InChI is InChI=1S/C11H13FN2O/c1-11(2,13-3)10-14-8-5-4-7(12)6-9(8)15-10/h4-6,13H,1-3H3. The molecule has 0 saturated carbocycles. The van der Waals surface area contributed by atoms with Gasteiger partial charge in [0.05, 0.1) is 5.54 Å². The van der Waals surface area contributed by atoms with Crippen LogP contribution in [0.3, 0.4) is 0 Å². The minimum atomic E-state index is -0.352. The first-order valence-electron chi connectivity index (χ1n) is 4.78. The summed E-state index contributed by atoms with van der Waals surface area (Å²) < 4.78 is 18.4. The van der Waals surface area contributed by atoms with E-state index in [4.69, 9.17) is 4.42 Å². The molecule has 15 heavy (non-hydrogen) atoms. The van der Waals surface area contributed by atoms with Crippen LogP contribution in [0.4, 0.5) is 4.39 Å². The second-order valence-electron chi connectivity index (χ2n) is 4.01. The molecule has 0 aliphatic heterocycles. The first kappa shape index (κ1) is 10.1. The molecule has 0 fully saturated rings. The fourth-order valence-electron chi connectivity index (χ4n) is 1.27. The van der Waals surface area contributed by atoms with Gasteiger partial charge in [-0.1, -0.05) is 0 Å². The molecule has 0 aliphatic carbocycles. The summed E-state index contributed by atoms with van der Waals surface area (Å²) in [6.45, 7) is 3.90. The van der Waals surface area contributed by atoms with Gasteiger partial charge in [-0.15, -0.1) is 0 Å². The molecule has 2 aromatic rings. The van der Waals surface area contributed by atoms with Crippen molar-refractivity contribution in [2.75, 3.05) is 7.05 Å². The summed E-state index contributed by atoms with van der Waals surface area (Å²) in [6.07, 6.45) is 0. The normalized spacial score (nSPS) is 12.3. The van der Waals surface area contributed by atoms with Gasteiger partial charge in [0.2, 0.25) is 5.89 Å². The van der Waals surface area contributed by atoms with Crippen LogP contribution >= 0.6 is 0 Å². The van der Waals surface area contributed by atoms with Crippen molar-refractivity contribution >= 4 is 11.1 Å². The molecule has 80 valence electrons. The van der Waals surface area contributed by atoms with E-state index in [0.717, 1.165) is 0 Å². The molecule has 2 rings (SSSR count). The van der Waals surface area contributed by atoms with E-state index in [9.17, 15) is 4.39 Å². The maximum atomic E-state index is 12.9. The van der Waals surface area contributed by atoms with Gasteiger partial charge < -0.3 is 9.73 Å². The van der Waals surface area contributed by atoms with Crippen LogP contribution in [0.1, 0.15) is 19.7 Å². The number of aromatic nitrogens is 1. The predicted molar refractivity (Wildman–Crippen MR) is 56.1 cm³/mol. The predicted octanol–water partition coefficient (Wildman–Crippen LogP) is 2.42. The van der Waals surface area contributed by atoms with Gasteiger partial charge in [0.15, 0.2) is 5.58 Å². The SMILES string of the molecule is CNC(C)(C)c1nc2ccc(F)cc2o1. The van der Waals surface area contributed by atoms with Crippen LogP contribution in [0, 0.1) is 5.82 Å². The number of nitrogens with one attached hydrogen (secondary N) is 1. The van der Waals surface area contributed by atoms with E-state index in [0.29, 0.717) is 17.0 Å². The molecule has 1 aromatic carbocycles. The van der Waals surface area contributed by atoms with E-state index >= 15 is 0 Å². The van der Waals surface area contributed by atoms with Crippen molar-refractivity contribution in [1.82, 2.24) is 10.3 Å². The van der Waals surface area contributed by atoms with E-state index in [-0.39, 0.29) is 11.4 Å². The molecule has 0 aliphatic rings. The molecule has 1 N–H and O–H groups in total. The lowest BCUT2D eigenvalue weighted by Gasteiger charge is -2.18. The van der Waals surface area contributed by atoms with Crippen molar-refractivity contribution in [3.8, 4) is 0 Å². The first-order chi connectivity index (χ1) is 7.03. The van der Waals surface area contributed by atoms with E-state index in [1.165, 1.54) is 12.1 Å². The van der Waals surface area contributed by atoms with Gasteiger partial charge in [-0.3, -0.25) is 0 Å². The van der Waals surface area contributed by atoms with Gasteiger partial charge in [-0.25, -0.2) is 9.37 Å². The molecule has 1 aromatic heterocycles. The number of nitrogens with zero attached hydrogens (tertiary/aromatic N) is 1. The highest BCUT2D eigenvalue weighted by Crippen LogP contribution is 2.24. The Labute approximate surface area is 87.3 Å². The monoisotopic (exact) mass is 208 g/mol. The maximum Gasteiger partial charge on any atom is 0.215 e. The summed E-state index contributed by atoms with van der Waals surface area (Å²) in [4.78, 5) is 4.30. The Morgan fingerprint density at radius 2 is 2.13 bits per heavy atom. The summed E-state index contributed by atoms with van der Waals surface area (Å²) >= 11 is 0. The van der Waals surface area contributed by atoms with Gasteiger partial charge in [0.25, 0.3) is 0 Å². The first-order valence-corrected chi connectivity index (χ1v) is 4.78. The molecule has 1 heterocycles. The van der Waals surface area contributed by atoms with E-state index in [2.05, 4.69) is 10.3 Å². The van der Waals surface area contributed by atoms with Gasteiger partial charge in [-0.2, -0.15) is 0 Å². The smallest absolute Gasteiger partial charge is 0.215 e. The van der Waals surface area contributed by atoms with Crippen molar-refractivity contribution in [3.63, 3.8) is 0 Å².